The molecule has 2 fully saturated rings. The minimum atomic E-state index is -4.65. The van der Waals surface area contributed by atoms with Gasteiger partial charge >= 0.3 is 6.18 Å². The van der Waals surface area contributed by atoms with E-state index in [1.165, 1.54) is 30.3 Å². The second kappa shape index (κ2) is 13.7. The first kappa shape index (κ1) is 37.1. The number of carbonyl (C=O) groups is 2. The summed E-state index contributed by atoms with van der Waals surface area (Å²) in [7, 11) is 1.24. The second-order valence-corrected chi connectivity index (χ2v) is 14.5. The largest absolute Gasteiger partial charge is 0.503 e. The topological polar surface area (TPSA) is 173 Å². The summed E-state index contributed by atoms with van der Waals surface area (Å²) in [6.45, 7) is 3.25. The number of hydrogen-bond acceptors (Lipinski definition) is 11. The summed E-state index contributed by atoms with van der Waals surface area (Å²) in [6.07, 6.45) is -0.0214. The van der Waals surface area contributed by atoms with Crippen LogP contribution in [0.4, 0.5) is 29.1 Å². The number of ether oxygens (including phenoxy) is 1. The standard InChI is InChI=1S/C36H33ClF4N10O5/c1-18-15-35(7-12-49(13-8-35)33(55)26-28(53)30(44-17-43-26)48-10-3-11-48)24-27(18)50(16-23(52)45-22-5-4-19(14-21(22)37)36(39,40)41)34-46-29(47-51(34)32(24)54)20-6-9-42-31(56-2)25(20)38/h4-6,9,14,17-18,53H,3,7-8,10-13,15-16H2,1-2H3,(H,45,52). The van der Waals surface area contributed by atoms with Crippen molar-refractivity contribution in [3.8, 4) is 23.0 Å². The van der Waals surface area contributed by atoms with Crippen LogP contribution in [0.5, 0.6) is 11.6 Å². The van der Waals surface area contributed by atoms with Gasteiger partial charge < -0.3 is 29.5 Å². The summed E-state index contributed by atoms with van der Waals surface area (Å²) in [6, 6.07) is 3.85. The van der Waals surface area contributed by atoms with E-state index >= 15 is 4.39 Å². The van der Waals surface area contributed by atoms with E-state index in [0.29, 0.717) is 55.5 Å². The van der Waals surface area contributed by atoms with Crippen molar-refractivity contribution in [3.63, 3.8) is 0 Å². The van der Waals surface area contributed by atoms with Crippen molar-refractivity contribution in [1.82, 2.24) is 39.0 Å². The summed E-state index contributed by atoms with van der Waals surface area (Å²) >= 11 is 6.14. The van der Waals surface area contributed by atoms with Crippen LogP contribution >= 0.6 is 11.6 Å². The summed E-state index contributed by atoms with van der Waals surface area (Å²) < 4.78 is 62.8. The van der Waals surface area contributed by atoms with Crippen molar-refractivity contribution >= 4 is 40.7 Å². The lowest BCUT2D eigenvalue weighted by atomic mass is 9.73. The lowest BCUT2D eigenvalue weighted by Gasteiger charge is -2.39. The maximum absolute atomic E-state index is 15.4. The molecule has 1 atom stereocenters. The molecule has 2 aliphatic heterocycles. The Bertz CT molecular complexity index is 2480. The fraction of sp³-hybridized carbons (Fsp3) is 0.389. The van der Waals surface area contributed by atoms with Crippen molar-refractivity contribution < 1.29 is 37.0 Å². The Morgan fingerprint density at radius 3 is 2.52 bits per heavy atom. The number of anilines is 2. The van der Waals surface area contributed by atoms with Gasteiger partial charge in [0.25, 0.3) is 17.3 Å². The van der Waals surface area contributed by atoms with Crippen molar-refractivity contribution in [3.05, 3.63) is 80.5 Å². The molecule has 56 heavy (non-hydrogen) atoms. The van der Waals surface area contributed by atoms with Crippen LogP contribution in [0.3, 0.4) is 0 Å². The van der Waals surface area contributed by atoms with E-state index < -0.39 is 46.9 Å². The number of aromatic hydroxyl groups is 1. The Labute approximate surface area is 319 Å². The molecule has 1 spiro atoms. The molecule has 292 valence electrons. The average Bonchev–Trinajstić information content (AvgIpc) is 3.70. The molecule has 2 amide bonds. The number of halogens is 5. The van der Waals surface area contributed by atoms with E-state index in [1.807, 2.05) is 11.8 Å². The van der Waals surface area contributed by atoms with E-state index in [4.69, 9.17) is 16.3 Å². The van der Waals surface area contributed by atoms with Crippen molar-refractivity contribution in [2.45, 2.75) is 56.7 Å². The third-order valence-electron chi connectivity index (χ3n) is 10.8. The zero-order valence-electron chi connectivity index (χ0n) is 29.9. The Hall–Kier alpha value is -5.85. The van der Waals surface area contributed by atoms with Gasteiger partial charge in [0.2, 0.25) is 11.7 Å². The number of nitrogens with zero attached hydrogens (tertiary/aromatic N) is 9. The maximum atomic E-state index is 15.4. The number of amides is 2. The van der Waals surface area contributed by atoms with Crippen LogP contribution in [-0.2, 0) is 22.9 Å². The van der Waals surface area contributed by atoms with E-state index in [2.05, 4.69) is 30.4 Å². The fourth-order valence-corrected chi connectivity index (χ4v) is 8.26. The summed E-state index contributed by atoms with van der Waals surface area (Å²) in [5.41, 5.74) is -1.76. The number of piperidine rings is 1. The highest BCUT2D eigenvalue weighted by Gasteiger charge is 2.49. The van der Waals surface area contributed by atoms with Gasteiger partial charge in [-0.25, -0.2) is 19.3 Å². The number of benzene rings is 1. The monoisotopic (exact) mass is 796 g/mol. The molecule has 5 aromatic rings. The molecular formula is C36H33ClF4N10O5. The Kier molecular flexibility index (Phi) is 9.08. The number of carbonyl (C=O) groups excluding carboxylic acids is 2. The van der Waals surface area contributed by atoms with Crippen LogP contribution in [0.1, 0.15) is 65.8 Å². The van der Waals surface area contributed by atoms with Crippen LogP contribution < -0.4 is 20.5 Å². The molecule has 2 N–H and O–H groups in total. The third kappa shape index (κ3) is 6.13. The van der Waals surface area contributed by atoms with Gasteiger partial charge in [-0.15, -0.1) is 5.10 Å². The number of methoxy groups -OCH3 is 1. The predicted molar refractivity (Wildman–Crippen MR) is 192 cm³/mol. The third-order valence-corrected chi connectivity index (χ3v) is 11.1. The van der Waals surface area contributed by atoms with Gasteiger partial charge in [0.05, 0.1) is 28.9 Å². The molecule has 0 radical (unpaired) electrons. The first-order valence-corrected chi connectivity index (χ1v) is 18.1. The molecule has 2 saturated heterocycles. The van der Waals surface area contributed by atoms with Gasteiger partial charge in [-0.05, 0) is 55.9 Å². The highest BCUT2D eigenvalue weighted by molar-refractivity contribution is 6.33. The van der Waals surface area contributed by atoms with Crippen LogP contribution in [0, 0.1) is 5.82 Å². The minimum Gasteiger partial charge on any atom is -0.503 e. The van der Waals surface area contributed by atoms with Gasteiger partial charge in [0.15, 0.2) is 28.9 Å². The van der Waals surface area contributed by atoms with Crippen LogP contribution in [-0.4, -0.2) is 89.2 Å². The lowest BCUT2D eigenvalue weighted by molar-refractivity contribution is -0.137. The number of fused-ring (bicyclic) bond motifs is 3. The maximum Gasteiger partial charge on any atom is 0.416 e. The van der Waals surface area contributed by atoms with Crippen molar-refractivity contribution in [1.29, 1.82) is 0 Å². The van der Waals surface area contributed by atoms with E-state index in [-0.39, 0.29) is 64.2 Å². The number of aromatic nitrogens is 7. The number of alkyl halides is 3. The molecular weight excluding hydrogens is 764 g/mol. The molecule has 20 heteroatoms. The molecule has 3 aliphatic rings. The molecule has 0 saturated carbocycles. The second-order valence-electron chi connectivity index (χ2n) is 14.1. The summed E-state index contributed by atoms with van der Waals surface area (Å²) in [4.78, 5) is 62.0. The van der Waals surface area contributed by atoms with Crippen LogP contribution in [0.15, 0.2) is 41.6 Å². The molecule has 0 bridgehead atoms. The van der Waals surface area contributed by atoms with Crippen LogP contribution in [0.2, 0.25) is 5.02 Å². The van der Waals surface area contributed by atoms with Gasteiger partial charge in [-0.2, -0.15) is 22.7 Å². The highest BCUT2D eigenvalue weighted by atomic mass is 35.5. The van der Waals surface area contributed by atoms with Gasteiger partial charge in [0.1, 0.15) is 12.9 Å². The predicted octanol–water partition coefficient (Wildman–Crippen LogP) is 4.80. The van der Waals surface area contributed by atoms with Gasteiger partial charge in [-0.1, -0.05) is 18.5 Å². The van der Waals surface area contributed by atoms with E-state index in [0.717, 1.165) is 23.1 Å². The zero-order chi connectivity index (χ0) is 39.7. The Morgan fingerprint density at radius 1 is 1.11 bits per heavy atom. The quantitative estimate of drug-likeness (QED) is 0.217. The first-order valence-electron chi connectivity index (χ1n) is 17.7. The Balaban J connectivity index is 1.17. The van der Waals surface area contributed by atoms with Gasteiger partial charge in [-0.3, -0.25) is 14.4 Å². The van der Waals surface area contributed by atoms with E-state index in [9.17, 15) is 32.7 Å². The molecule has 6 heterocycles. The van der Waals surface area contributed by atoms with Crippen molar-refractivity contribution in [2.24, 2.45) is 0 Å². The molecule has 15 nitrogen and oxygen atoms in total. The number of nitrogens with one attached hydrogen (secondary N) is 1. The number of pyridine rings is 1. The summed E-state index contributed by atoms with van der Waals surface area (Å²) in [5, 5.41) is 17.5. The van der Waals surface area contributed by atoms with Crippen molar-refractivity contribution in [2.75, 3.05) is 43.5 Å². The van der Waals surface area contributed by atoms with Crippen LogP contribution in [0.25, 0.3) is 17.2 Å². The molecule has 8 rings (SSSR count). The smallest absolute Gasteiger partial charge is 0.416 e. The molecule has 4 aromatic heterocycles. The normalized spacial score (nSPS) is 17.6. The highest BCUT2D eigenvalue weighted by Crippen LogP contribution is 2.51. The fourth-order valence-electron chi connectivity index (χ4n) is 8.03. The number of hydrogen-bond donors (Lipinski definition) is 2. The SMILES string of the molecule is COc1nccc(-c2nc3n(CC(=O)Nc4ccc(C(F)(F)F)cc4Cl)c4c(c(=O)n3n2)C2(CCN(C(=O)c3ncnc(N5CCC5)c3O)CC2)CC4C)c1F. The lowest BCUT2D eigenvalue weighted by Crippen LogP contribution is -2.47. The van der Waals surface area contributed by atoms with Gasteiger partial charge in [0, 0.05) is 49.0 Å². The Morgan fingerprint density at radius 2 is 1.86 bits per heavy atom. The average molecular weight is 797 g/mol. The number of rotatable bonds is 7. The number of likely N-dealkylation sites (tertiary alicyclic amines) is 1. The van der Waals surface area contributed by atoms with E-state index in [1.54, 1.807) is 4.90 Å². The summed E-state index contributed by atoms with van der Waals surface area (Å²) in [5.74, 6) is -2.96. The zero-order valence-corrected chi connectivity index (χ0v) is 30.7. The molecule has 1 aliphatic carbocycles. The first-order chi connectivity index (χ1) is 26.7. The molecule has 1 aromatic carbocycles. The molecule has 1 unspecified atom stereocenters. The minimum absolute atomic E-state index is 0.0697.